The Morgan fingerprint density at radius 2 is 1.92 bits per heavy atom. The summed E-state index contributed by atoms with van der Waals surface area (Å²) in [4.78, 5) is 0. The number of hydrogen-bond acceptors (Lipinski definition) is 1. The summed E-state index contributed by atoms with van der Waals surface area (Å²) >= 11 is 0. The largest absolute Gasteiger partial charge is 0.396 e. The zero-order chi connectivity index (χ0) is 8.39. The predicted octanol–water partition coefficient (Wildman–Crippen LogP) is 2.17. The highest BCUT2D eigenvalue weighted by Gasteiger charge is 2.30. The fraction of sp³-hybridized carbons (Fsp3) is 0.455. The Kier molecular flexibility index (Phi) is 2.13. The average molecular weight is 162 g/mol. The van der Waals surface area contributed by atoms with Gasteiger partial charge in [0, 0.05) is 6.61 Å². The molecule has 1 heteroatoms. The second kappa shape index (κ2) is 3.28. The summed E-state index contributed by atoms with van der Waals surface area (Å²) < 4.78 is 0. The zero-order valence-electron chi connectivity index (χ0n) is 7.11. The van der Waals surface area contributed by atoms with E-state index in [1.54, 1.807) is 0 Å². The van der Waals surface area contributed by atoms with Crippen LogP contribution in [-0.2, 0) is 0 Å². The van der Waals surface area contributed by atoms with Gasteiger partial charge in [0.1, 0.15) is 0 Å². The second-order valence-corrected chi connectivity index (χ2v) is 3.54. The first-order valence-electron chi connectivity index (χ1n) is 4.57. The van der Waals surface area contributed by atoms with Gasteiger partial charge in [0.15, 0.2) is 0 Å². The molecule has 12 heavy (non-hydrogen) atoms. The second-order valence-electron chi connectivity index (χ2n) is 3.54. The summed E-state index contributed by atoms with van der Waals surface area (Å²) in [7, 11) is 0. The molecule has 2 atom stereocenters. The molecule has 1 nitrogen and oxygen atoms in total. The molecule has 1 aliphatic rings. The van der Waals surface area contributed by atoms with Crippen LogP contribution in [0, 0.1) is 5.92 Å². The van der Waals surface area contributed by atoms with Crippen LogP contribution in [0.5, 0.6) is 0 Å². The molecule has 0 radical (unpaired) electrons. The van der Waals surface area contributed by atoms with Crippen molar-refractivity contribution in [2.75, 3.05) is 6.61 Å². The van der Waals surface area contributed by atoms with Crippen molar-refractivity contribution in [2.24, 2.45) is 5.92 Å². The summed E-state index contributed by atoms with van der Waals surface area (Å²) in [5, 5.41) is 9.02. The molecule has 64 valence electrons. The highest BCUT2D eigenvalue weighted by atomic mass is 16.3. The zero-order valence-corrected chi connectivity index (χ0v) is 7.11. The third-order valence-corrected chi connectivity index (χ3v) is 2.88. The van der Waals surface area contributed by atoms with Crippen LogP contribution >= 0.6 is 0 Å². The van der Waals surface area contributed by atoms with Crippen molar-refractivity contribution in [3.63, 3.8) is 0 Å². The monoisotopic (exact) mass is 162 g/mol. The minimum atomic E-state index is 0.347. The Bertz CT molecular complexity index is 240. The summed E-state index contributed by atoms with van der Waals surface area (Å²) in [5.41, 5.74) is 1.39. The van der Waals surface area contributed by atoms with Gasteiger partial charge in [-0.15, -0.1) is 0 Å². The summed E-state index contributed by atoms with van der Waals surface area (Å²) in [6, 6.07) is 10.5. The first kappa shape index (κ1) is 7.81. The molecule has 0 heterocycles. The number of aliphatic hydroxyl groups excluding tert-OH is 1. The number of benzene rings is 1. The smallest absolute Gasteiger partial charge is 0.0465 e. The fourth-order valence-corrected chi connectivity index (χ4v) is 1.93. The topological polar surface area (TPSA) is 20.2 Å². The third kappa shape index (κ3) is 1.25. The van der Waals surface area contributed by atoms with Gasteiger partial charge in [-0.3, -0.25) is 0 Å². The van der Waals surface area contributed by atoms with E-state index in [1.165, 1.54) is 18.4 Å². The van der Waals surface area contributed by atoms with E-state index in [0.29, 0.717) is 18.4 Å². The van der Waals surface area contributed by atoms with Crippen LogP contribution in [0.2, 0.25) is 0 Å². The van der Waals surface area contributed by atoms with Crippen molar-refractivity contribution in [1.29, 1.82) is 0 Å². The van der Waals surface area contributed by atoms with Gasteiger partial charge in [-0.25, -0.2) is 0 Å². The van der Waals surface area contributed by atoms with Crippen LogP contribution in [-0.4, -0.2) is 11.7 Å². The SMILES string of the molecule is OCC1CCC1c1ccccc1. The molecule has 1 aromatic carbocycles. The maximum atomic E-state index is 9.02. The van der Waals surface area contributed by atoms with E-state index in [1.807, 2.05) is 6.07 Å². The molecule has 1 fully saturated rings. The van der Waals surface area contributed by atoms with Gasteiger partial charge in [-0.05, 0) is 30.2 Å². The Hall–Kier alpha value is -0.820. The van der Waals surface area contributed by atoms with Crippen molar-refractivity contribution in [2.45, 2.75) is 18.8 Å². The van der Waals surface area contributed by atoms with Crippen molar-refractivity contribution in [3.05, 3.63) is 35.9 Å². The highest BCUT2D eigenvalue weighted by molar-refractivity contribution is 5.22. The lowest BCUT2D eigenvalue weighted by Crippen LogP contribution is -2.26. The van der Waals surface area contributed by atoms with Crippen LogP contribution in [0.1, 0.15) is 24.3 Å². The van der Waals surface area contributed by atoms with Gasteiger partial charge < -0.3 is 5.11 Å². The van der Waals surface area contributed by atoms with Crippen LogP contribution in [0.15, 0.2) is 30.3 Å². The summed E-state index contributed by atoms with van der Waals surface area (Å²) in [6.07, 6.45) is 2.44. The van der Waals surface area contributed by atoms with E-state index in [-0.39, 0.29) is 0 Å². The average Bonchev–Trinajstić information content (AvgIpc) is 2.05. The van der Waals surface area contributed by atoms with Crippen molar-refractivity contribution in [3.8, 4) is 0 Å². The standard InChI is InChI=1S/C11H14O/c12-8-10-6-7-11(10)9-4-2-1-3-5-9/h1-5,10-12H,6-8H2. The Morgan fingerprint density at radius 3 is 2.42 bits per heavy atom. The quantitative estimate of drug-likeness (QED) is 0.706. The predicted molar refractivity (Wildman–Crippen MR) is 49.0 cm³/mol. The number of rotatable bonds is 2. The molecular formula is C11H14O. The normalized spacial score (nSPS) is 28.1. The maximum absolute atomic E-state index is 9.02. The van der Waals surface area contributed by atoms with E-state index in [0.717, 1.165) is 0 Å². The van der Waals surface area contributed by atoms with Gasteiger partial charge in [0.25, 0.3) is 0 Å². The number of aliphatic hydroxyl groups is 1. The Balaban J connectivity index is 2.11. The molecule has 1 aromatic rings. The maximum Gasteiger partial charge on any atom is 0.0465 e. The van der Waals surface area contributed by atoms with Crippen LogP contribution in [0.3, 0.4) is 0 Å². The Labute approximate surface area is 73.0 Å². The first-order valence-corrected chi connectivity index (χ1v) is 4.57. The summed E-state index contributed by atoms with van der Waals surface area (Å²) in [6.45, 7) is 0.347. The molecule has 0 aliphatic heterocycles. The van der Waals surface area contributed by atoms with E-state index in [2.05, 4.69) is 24.3 Å². The van der Waals surface area contributed by atoms with E-state index < -0.39 is 0 Å². The minimum Gasteiger partial charge on any atom is -0.396 e. The van der Waals surface area contributed by atoms with Crippen LogP contribution in [0.4, 0.5) is 0 Å². The van der Waals surface area contributed by atoms with E-state index in [9.17, 15) is 0 Å². The molecule has 0 saturated heterocycles. The number of hydrogen-bond donors (Lipinski definition) is 1. The minimum absolute atomic E-state index is 0.347. The lowest BCUT2D eigenvalue weighted by Gasteiger charge is -2.35. The molecule has 1 saturated carbocycles. The molecule has 1 N–H and O–H groups in total. The van der Waals surface area contributed by atoms with E-state index >= 15 is 0 Å². The third-order valence-electron chi connectivity index (χ3n) is 2.88. The molecular weight excluding hydrogens is 148 g/mol. The van der Waals surface area contributed by atoms with Crippen molar-refractivity contribution >= 4 is 0 Å². The van der Waals surface area contributed by atoms with Crippen molar-refractivity contribution in [1.82, 2.24) is 0 Å². The lowest BCUT2D eigenvalue weighted by atomic mass is 9.70. The van der Waals surface area contributed by atoms with Crippen molar-refractivity contribution < 1.29 is 5.11 Å². The molecule has 0 aromatic heterocycles. The Morgan fingerprint density at radius 1 is 1.17 bits per heavy atom. The highest BCUT2D eigenvalue weighted by Crippen LogP contribution is 2.41. The first-order chi connectivity index (χ1) is 5.92. The molecule has 0 bridgehead atoms. The molecule has 2 unspecified atom stereocenters. The molecule has 0 amide bonds. The fourth-order valence-electron chi connectivity index (χ4n) is 1.93. The molecule has 1 aliphatic carbocycles. The van der Waals surface area contributed by atoms with Gasteiger partial charge >= 0.3 is 0 Å². The van der Waals surface area contributed by atoms with Crippen LogP contribution < -0.4 is 0 Å². The van der Waals surface area contributed by atoms with Gasteiger partial charge in [0.05, 0.1) is 0 Å². The molecule has 0 spiro atoms. The van der Waals surface area contributed by atoms with Gasteiger partial charge in [-0.2, -0.15) is 0 Å². The van der Waals surface area contributed by atoms with Gasteiger partial charge in [0.2, 0.25) is 0 Å². The summed E-state index contributed by atoms with van der Waals surface area (Å²) in [5.74, 6) is 1.14. The lowest BCUT2D eigenvalue weighted by molar-refractivity contribution is 0.135. The van der Waals surface area contributed by atoms with Gasteiger partial charge in [-0.1, -0.05) is 30.3 Å². The van der Waals surface area contributed by atoms with E-state index in [4.69, 9.17) is 5.11 Å². The van der Waals surface area contributed by atoms with Crippen LogP contribution in [0.25, 0.3) is 0 Å². The molecule has 2 rings (SSSR count).